The number of fused-ring (bicyclic) bond motifs is 1. The topological polar surface area (TPSA) is 33.1 Å². The molecule has 0 saturated carbocycles. The van der Waals surface area contributed by atoms with E-state index >= 15 is 0 Å². The molecule has 1 heterocycles. The van der Waals surface area contributed by atoms with Crippen molar-refractivity contribution in [1.82, 2.24) is 4.98 Å². The van der Waals surface area contributed by atoms with Gasteiger partial charge in [-0.15, -0.1) is 0 Å². The molecule has 1 aromatic heterocycles. The van der Waals surface area contributed by atoms with Gasteiger partial charge in [0.2, 0.25) is 0 Å². The summed E-state index contributed by atoms with van der Waals surface area (Å²) in [6.07, 6.45) is 0. The fraction of sp³-hybridized carbons (Fsp3) is 0.182. The molecule has 0 amide bonds. The first kappa shape index (κ1) is 8.05. The van der Waals surface area contributed by atoms with Gasteiger partial charge < -0.3 is 5.11 Å². The Bertz CT molecular complexity index is 463. The third-order valence-electron chi connectivity index (χ3n) is 2.14. The molecule has 0 radical (unpaired) electrons. The van der Waals surface area contributed by atoms with E-state index in [1.54, 1.807) is 6.07 Å². The summed E-state index contributed by atoms with van der Waals surface area (Å²) in [6.45, 7) is 3.87. The van der Waals surface area contributed by atoms with Gasteiger partial charge in [-0.2, -0.15) is 0 Å². The van der Waals surface area contributed by atoms with E-state index in [0.29, 0.717) is 5.75 Å². The number of aromatic nitrogens is 1. The molecule has 2 heteroatoms. The van der Waals surface area contributed by atoms with E-state index in [1.807, 2.05) is 32.0 Å². The molecule has 13 heavy (non-hydrogen) atoms. The second kappa shape index (κ2) is 2.73. The largest absolute Gasteiger partial charge is 0.507 e. The number of aromatic hydroxyl groups is 1. The Kier molecular flexibility index (Phi) is 1.69. The molecular weight excluding hydrogens is 162 g/mol. The molecule has 0 aliphatic heterocycles. The molecule has 2 rings (SSSR count). The highest BCUT2D eigenvalue weighted by Gasteiger charge is 2.03. The molecule has 0 spiro atoms. The summed E-state index contributed by atoms with van der Waals surface area (Å²) in [4.78, 5) is 4.30. The van der Waals surface area contributed by atoms with Crippen molar-refractivity contribution >= 4 is 10.8 Å². The summed E-state index contributed by atoms with van der Waals surface area (Å²) >= 11 is 0. The zero-order valence-electron chi connectivity index (χ0n) is 7.70. The summed E-state index contributed by atoms with van der Waals surface area (Å²) in [7, 11) is 0. The number of hydrogen-bond acceptors (Lipinski definition) is 2. The van der Waals surface area contributed by atoms with Gasteiger partial charge in [-0.25, -0.2) is 0 Å². The van der Waals surface area contributed by atoms with Crippen molar-refractivity contribution < 1.29 is 5.11 Å². The zero-order chi connectivity index (χ0) is 9.42. The molecule has 0 fully saturated rings. The average molecular weight is 173 g/mol. The number of phenolic OH excluding ortho intramolecular Hbond substituents is 1. The van der Waals surface area contributed by atoms with E-state index in [0.717, 1.165) is 22.2 Å². The van der Waals surface area contributed by atoms with Gasteiger partial charge in [0.15, 0.2) is 0 Å². The van der Waals surface area contributed by atoms with E-state index in [2.05, 4.69) is 4.98 Å². The normalized spacial score (nSPS) is 10.6. The lowest BCUT2D eigenvalue weighted by atomic mass is 10.1. The van der Waals surface area contributed by atoms with Gasteiger partial charge in [-0.3, -0.25) is 4.98 Å². The van der Waals surface area contributed by atoms with Crippen LogP contribution in [-0.2, 0) is 0 Å². The van der Waals surface area contributed by atoms with Crippen molar-refractivity contribution in [3.8, 4) is 5.75 Å². The SMILES string of the molecule is Cc1cc2cccc(O)c2c(C)n1. The second-order valence-corrected chi connectivity index (χ2v) is 3.22. The fourth-order valence-electron chi connectivity index (χ4n) is 1.65. The monoisotopic (exact) mass is 173 g/mol. The van der Waals surface area contributed by atoms with Crippen LogP contribution in [0.1, 0.15) is 11.4 Å². The van der Waals surface area contributed by atoms with Crippen molar-refractivity contribution in [1.29, 1.82) is 0 Å². The van der Waals surface area contributed by atoms with Crippen LogP contribution in [0.4, 0.5) is 0 Å². The Morgan fingerprint density at radius 1 is 1.23 bits per heavy atom. The van der Waals surface area contributed by atoms with Crippen LogP contribution < -0.4 is 0 Å². The molecule has 0 atom stereocenters. The van der Waals surface area contributed by atoms with Crippen molar-refractivity contribution in [2.75, 3.05) is 0 Å². The van der Waals surface area contributed by atoms with E-state index in [4.69, 9.17) is 0 Å². The van der Waals surface area contributed by atoms with Crippen LogP contribution >= 0.6 is 0 Å². The van der Waals surface area contributed by atoms with Gasteiger partial charge in [-0.1, -0.05) is 12.1 Å². The maximum Gasteiger partial charge on any atom is 0.125 e. The van der Waals surface area contributed by atoms with Crippen LogP contribution in [0.25, 0.3) is 10.8 Å². The Morgan fingerprint density at radius 2 is 2.00 bits per heavy atom. The lowest BCUT2D eigenvalue weighted by Crippen LogP contribution is -1.87. The van der Waals surface area contributed by atoms with Crippen LogP contribution in [0.5, 0.6) is 5.75 Å². The van der Waals surface area contributed by atoms with Gasteiger partial charge in [0, 0.05) is 16.8 Å². The molecule has 2 nitrogen and oxygen atoms in total. The van der Waals surface area contributed by atoms with Crippen molar-refractivity contribution in [3.05, 3.63) is 35.7 Å². The number of benzene rings is 1. The van der Waals surface area contributed by atoms with Gasteiger partial charge in [0.25, 0.3) is 0 Å². The molecule has 1 aromatic carbocycles. The Morgan fingerprint density at radius 3 is 2.77 bits per heavy atom. The molecule has 0 aliphatic carbocycles. The zero-order valence-corrected chi connectivity index (χ0v) is 7.70. The van der Waals surface area contributed by atoms with Gasteiger partial charge in [-0.05, 0) is 31.4 Å². The Hall–Kier alpha value is -1.57. The van der Waals surface area contributed by atoms with Gasteiger partial charge in [0.1, 0.15) is 5.75 Å². The summed E-state index contributed by atoms with van der Waals surface area (Å²) < 4.78 is 0. The summed E-state index contributed by atoms with van der Waals surface area (Å²) in [5, 5.41) is 11.5. The first-order valence-corrected chi connectivity index (χ1v) is 4.24. The number of hydrogen-bond donors (Lipinski definition) is 1. The third kappa shape index (κ3) is 1.24. The van der Waals surface area contributed by atoms with E-state index in [1.165, 1.54) is 0 Å². The number of pyridine rings is 1. The molecule has 0 bridgehead atoms. The lowest BCUT2D eigenvalue weighted by Gasteiger charge is -2.04. The smallest absolute Gasteiger partial charge is 0.125 e. The van der Waals surface area contributed by atoms with Gasteiger partial charge in [0.05, 0.1) is 0 Å². The number of aryl methyl sites for hydroxylation is 2. The van der Waals surface area contributed by atoms with Gasteiger partial charge >= 0.3 is 0 Å². The van der Waals surface area contributed by atoms with Crippen LogP contribution in [0.15, 0.2) is 24.3 Å². The first-order chi connectivity index (χ1) is 6.18. The van der Waals surface area contributed by atoms with Crippen molar-refractivity contribution in [3.63, 3.8) is 0 Å². The van der Waals surface area contributed by atoms with E-state index in [-0.39, 0.29) is 0 Å². The number of rotatable bonds is 0. The number of nitrogens with zero attached hydrogens (tertiary/aromatic N) is 1. The third-order valence-corrected chi connectivity index (χ3v) is 2.14. The summed E-state index contributed by atoms with van der Waals surface area (Å²) in [5.74, 6) is 0.308. The average Bonchev–Trinajstić information content (AvgIpc) is 2.02. The predicted molar refractivity (Wildman–Crippen MR) is 52.9 cm³/mol. The van der Waals surface area contributed by atoms with Crippen molar-refractivity contribution in [2.24, 2.45) is 0 Å². The lowest BCUT2D eigenvalue weighted by molar-refractivity contribution is 0.481. The Labute approximate surface area is 76.9 Å². The summed E-state index contributed by atoms with van der Waals surface area (Å²) in [6, 6.07) is 7.49. The van der Waals surface area contributed by atoms with Crippen LogP contribution in [0.3, 0.4) is 0 Å². The highest BCUT2D eigenvalue weighted by atomic mass is 16.3. The van der Waals surface area contributed by atoms with E-state index in [9.17, 15) is 5.11 Å². The molecule has 0 unspecified atom stereocenters. The first-order valence-electron chi connectivity index (χ1n) is 4.24. The highest BCUT2D eigenvalue weighted by Crippen LogP contribution is 2.26. The molecule has 0 saturated heterocycles. The molecular formula is C11H11NO. The quantitative estimate of drug-likeness (QED) is 0.664. The highest BCUT2D eigenvalue weighted by molar-refractivity contribution is 5.90. The molecule has 2 aromatic rings. The van der Waals surface area contributed by atoms with E-state index < -0.39 is 0 Å². The summed E-state index contributed by atoms with van der Waals surface area (Å²) in [5.41, 5.74) is 1.86. The maximum atomic E-state index is 9.60. The molecule has 0 aliphatic rings. The van der Waals surface area contributed by atoms with Crippen LogP contribution in [-0.4, -0.2) is 10.1 Å². The molecule has 1 N–H and O–H groups in total. The maximum absolute atomic E-state index is 9.60. The predicted octanol–water partition coefficient (Wildman–Crippen LogP) is 2.56. The minimum atomic E-state index is 0.308. The molecule has 66 valence electrons. The minimum absolute atomic E-state index is 0.308. The Balaban J connectivity index is 2.94. The number of phenols is 1. The van der Waals surface area contributed by atoms with Crippen LogP contribution in [0, 0.1) is 13.8 Å². The minimum Gasteiger partial charge on any atom is -0.507 e. The fourth-order valence-corrected chi connectivity index (χ4v) is 1.65. The van der Waals surface area contributed by atoms with Crippen LogP contribution in [0.2, 0.25) is 0 Å². The second-order valence-electron chi connectivity index (χ2n) is 3.22. The standard InChI is InChI=1S/C11H11NO/c1-7-6-9-4-3-5-10(13)11(9)8(2)12-7/h3-6,13H,1-2H3. The van der Waals surface area contributed by atoms with Crippen molar-refractivity contribution in [2.45, 2.75) is 13.8 Å².